The summed E-state index contributed by atoms with van der Waals surface area (Å²) in [6.45, 7) is 2.07. The number of halogens is 5. The average Bonchev–Trinajstić information content (AvgIpc) is 2.60. The number of aromatic nitrogens is 2. The molecule has 0 bridgehead atoms. The zero-order valence-corrected chi connectivity index (χ0v) is 12.8. The number of hydrogen-bond acceptors (Lipinski definition) is 1. The predicted molar refractivity (Wildman–Crippen MR) is 74.9 cm³/mol. The minimum Gasteiger partial charge on any atom is -0.260 e. The second-order valence-corrected chi connectivity index (χ2v) is 6.59. The maximum Gasteiger partial charge on any atom is 0.418 e. The highest BCUT2D eigenvalue weighted by atomic mass is 79.9. The van der Waals surface area contributed by atoms with Crippen molar-refractivity contribution in [3.63, 3.8) is 0 Å². The first-order valence-corrected chi connectivity index (χ1v) is 7.39. The largest absolute Gasteiger partial charge is 0.418 e. The topological polar surface area (TPSA) is 17.8 Å². The van der Waals surface area contributed by atoms with Gasteiger partial charge >= 0.3 is 6.18 Å². The van der Waals surface area contributed by atoms with Gasteiger partial charge in [0, 0.05) is 9.86 Å². The van der Waals surface area contributed by atoms with Crippen molar-refractivity contribution in [3.8, 4) is 0 Å². The fraction of sp³-hybridized carbons (Fsp3) is 0.462. The van der Waals surface area contributed by atoms with Crippen LogP contribution < -0.4 is 0 Å². The lowest BCUT2D eigenvalue weighted by atomic mass is 9.82. The third-order valence-electron chi connectivity index (χ3n) is 3.72. The van der Waals surface area contributed by atoms with Crippen LogP contribution in [0.25, 0.3) is 10.9 Å². The molecule has 3 rings (SSSR count). The Morgan fingerprint density at radius 1 is 1.35 bits per heavy atom. The van der Waals surface area contributed by atoms with E-state index in [1.54, 1.807) is 6.07 Å². The van der Waals surface area contributed by atoms with Crippen molar-refractivity contribution in [3.05, 3.63) is 27.3 Å². The molecule has 0 unspecified atom stereocenters. The van der Waals surface area contributed by atoms with E-state index in [0.717, 1.165) is 18.9 Å². The second kappa shape index (κ2) is 4.63. The molecule has 0 atom stereocenters. The zero-order valence-electron chi connectivity index (χ0n) is 10.5. The molecule has 0 saturated heterocycles. The Morgan fingerprint density at radius 2 is 2.00 bits per heavy atom. The van der Waals surface area contributed by atoms with Crippen LogP contribution in [0.15, 0.2) is 16.6 Å². The highest BCUT2D eigenvalue weighted by molar-refractivity contribution is 9.10. The minimum absolute atomic E-state index is 0.00211. The van der Waals surface area contributed by atoms with Crippen LogP contribution >= 0.6 is 27.5 Å². The highest BCUT2D eigenvalue weighted by Crippen LogP contribution is 2.44. The number of benzene rings is 1. The lowest BCUT2D eigenvalue weighted by molar-refractivity contribution is -0.136. The van der Waals surface area contributed by atoms with Gasteiger partial charge in [0.25, 0.3) is 0 Å². The lowest BCUT2D eigenvalue weighted by Crippen LogP contribution is -2.26. The van der Waals surface area contributed by atoms with E-state index in [4.69, 9.17) is 11.6 Å². The molecule has 1 aliphatic carbocycles. The van der Waals surface area contributed by atoms with Gasteiger partial charge in [0.2, 0.25) is 0 Å². The summed E-state index contributed by atoms with van der Waals surface area (Å²) in [7, 11) is 0. The van der Waals surface area contributed by atoms with E-state index in [9.17, 15) is 13.2 Å². The van der Waals surface area contributed by atoms with Gasteiger partial charge in [0.1, 0.15) is 0 Å². The molecule has 1 saturated carbocycles. The van der Waals surface area contributed by atoms with Gasteiger partial charge in [0.05, 0.1) is 17.1 Å². The summed E-state index contributed by atoms with van der Waals surface area (Å²) >= 11 is 9.11. The maximum absolute atomic E-state index is 13.2. The van der Waals surface area contributed by atoms with Crippen molar-refractivity contribution < 1.29 is 13.2 Å². The first kappa shape index (κ1) is 14.2. The maximum atomic E-state index is 13.2. The monoisotopic (exact) mass is 366 g/mol. The van der Waals surface area contributed by atoms with E-state index in [1.165, 1.54) is 4.68 Å². The SMILES string of the molecule is CC1CC(n2nc(Cl)c3cc(Br)cc(C(F)(F)F)c32)C1. The summed E-state index contributed by atoms with van der Waals surface area (Å²) in [5.74, 6) is 0.516. The van der Waals surface area contributed by atoms with Gasteiger partial charge in [0.15, 0.2) is 5.15 Å². The quantitative estimate of drug-likeness (QED) is 0.656. The number of rotatable bonds is 1. The van der Waals surface area contributed by atoms with Crippen molar-refractivity contribution in [1.82, 2.24) is 9.78 Å². The Balaban J connectivity index is 2.27. The van der Waals surface area contributed by atoms with Crippen molar-refractivity contribution in [1.29, 1.82) is 0 Å². The van der Waals surface area contributed by atoms with E-state index < -0.39 is 11.7 Å². The Kier molecular flexibility index (Phi) is 3.29. The average molecular weight is 368 g/mol. The van der Waals surface area contributed by atoms with E-state index in [2.05, 4.69) is 28.0 Å². The Morgan fingerprint density at radius 3 is 2.55 bits per heavy atom. The fourth-order valence-corrected chi connectivity index (χ4v) is 3.43. The van der Waals surface area contributed by atoms with Crippen LogP contribution in [0.1, 0.15) is 31.4 Å². The molecule has 108 valence electrons. The van der Waals surface area contributed by atoms with Gasteiger partial charge in [-0.15, -0.1) is 0 Å². The fourth-order valence-electron chi connectivity index (χ4n) is 2.74. The highest BCUT2D eigenvalue weighted by Gasteiger charge is 2.37. The summed E-state index contributed by atoms with van der Waals surface area (Å²) in [6, 6.07) is 2.67. The Bertz CT molecular complexity index is 674. The molecular formula is C13H11BrClF3N2. The molecular weight excluding hydrogens is 357 g/mol. The smallest absolute Gasteiger partial charge is 0.260 e. The molecule has 1 fully saturated rings. The number of alkyl halides is 3. The van der Waals surface area contributed by atoms with Crippen LogP contribution in [0, 0.1) is 5.92 Å². The Labute approximate surface area is 127 Å². The van der Waals surface area contributed by atoms with Gasteiger partial charge in [-0.25, -0.2) is 0 Å². The van der Waals surface area contributed by atoms with E-state index in [-0.39, 0.29) is 16.7 Å². The number of nitrogens with zero attached hydrogens (tertiary/aromatic N) is 2. The number of hydrogen-bond donors (Lipinski definition) is 0. The van der Waals surface area contributed by atoms with E-state index in [1.807, 2.05) is 0 Å². The van der Waals surface area contributed by atoms with Crippen molar-refractivity contribution in [2.75, 3.05) is 0 Å². The van der Waals surface area contributed by atoms with Crippen molar-refractivity contribution in [2.45, 2.75) is 32.0 Å². The zero-order chi connectivity index (χ0) is 14.7. The van der Waals surface area contributed by atoms with Gasteiger partial charge in [-0.05, 0) is 30.9 Å². The number of fused-ring (bicyclic) bond motifs is 1. The molecule has 0 aliphatic heterocycles. The summed E-state index contributed by atoms with van der Waals surface area (Å²) < 4.78 is 41.5. The molecule has 0 N–H and O–H groups in total. The van der Waals surface area contributed by atoms with E-state index >= 15 is 0 Å². The third kappa shape index (κ3) is 2.22. The first-order chi connectivity index (χ1) is 9.27. The molecule has 0 amide bonds. The van der Waals surface area contributed by atoms with Crippen LogP contribution in [0.2, 0.25) is 5.15 Å². The molecule has 7 heteroatoms. The van der Waals surface area contributed by atoms with Gasteiger partial charge in [-0.3, -0.25) is 4.68 Å². The van der Waals surface area contributed by atoms with Crippen molar-refractivity contribution >= 4 is 38.4 Å². The molecule has 2 nitrogen and oxygen atoms in total. The molecule has 1 aromatic heterocycles. The lowest BCUT2D eigenvalue weighted by Gasteiger charge is -2.33. The van der Waals surface area contributed by atoms with Gasteiger partial charge in [-0.1, -0.05) is 34.5 Å². The van der Waals surface area contributed by atoms with E-state index in [0.29, 0.717) is 15.8 Å². The van der Waals surface area contributed by atoms with Crippen LogP contribution in [-0.4, -0.2) is 9.78 Å². The van der Waals surface area contributed by atoms with Crippen LogP contribution in [0.3, 0.4) is 0 Å². The van der Waals surface area contributed by atoms with Crippen molar-refractivity contribution in [2.24, 2.45) is 5.92 Å². The van der Waals surface area contributed by atoms with Gasteiger partial charge < -0.3 is 0 Å². The Hall–Kier alpha value is -0.750. The summed E-state index contributed by atoms with van der Waals surface area (Å²) in [5, 5.41) is 4.58. The normalized spacial score (nSPS) is 23.1. The molecule has 1 aromatic carbocycles. The van der Waals surface area contributed by atoms with Gasteiger partial charge in [-0.2, -0.15) is 18.3 Å². The summed E-state index contributed by atoms with van der Waals surface area (Å²) in [6.07, 6.45) is -2.76. The van der Waals surface area contributed by atoms with Crippen LogP contribution in [0.5, 0.6) is 0 Å². The summed E-state index contributed by atoms with van der Waals surface area (Å²) in [4.78, 5) is 0. The molecule has 0 spiro atoms. The van der Waals surface area contributed by atoms with Crippen LogP contribution in [0.4, 0.5) is 13.2 Å². The molecule has 1 aliphatic rings. The molecule has 20 heavy (non-hydrogen) atoms. The standard InChI is InChI=1S/C13H11BrClF3N2/c1-6-2-8(3-6)20-11-9(12(15)19-20)4-7(14)5-10(11)13(16,17)18/h4-6,8H,2-3H2,1H3. The third-order valence-corrected chi connectivity index (χ3v) is 4.46. The van der Waals surface area contributed by atoms with Crippen LogP contribution in [-0.2, 0) is 6.18 Å². The molecule has 0 radical (unpaired) electrons. The molecule has 2 aromatic rings. The minimum atomic E-state index is -4.43. The molecule has 1 heterocycles. The summed E-state index contributed by atoms with van der Waals surface area (Å²) in [5.41, 5.74) is -0.608. The predicted octanol–water partition coefficient (Wildman–Crippen LogP) is 5.44. The second-order valence-electron chi connectivity index (χ2n) is 5.31. The first-order valence-electron chi connectivity index (χ1n) is 6.22.